The lowest BCUT2D eigenvalue weighted by atomic mass is 10.1. The van der Waals surface area contributed by atoms with Crippen LogP contribution in [0, 0.1) is 0 Å². The Kier molecular flexibility index (Phi) is 4.17. The molecule has 2 aliphatic rings. The highest BCUT2D eigenvalue weighted by Crippen LogP contribution is 2.19. The number of rotatable bonds is 2. The maximum absolute atomic E-state index is 11.4. The summed E-state index contributed by atoms with van der Waals surface area (Å²) in [6.45, 7) is 6.71. The van der Waals surface area contributed by atoms with E-state index in [-0.39, 0.29) is 5.91 Å². The van der Waals surface area contributed by atoms with E-state index < -0.39 is 0 Å². The molecule has 0 spiro atoms. The number of hydrogen-bond donors (Lipinski definition) is 0. The topological polar surface area (TPSA) is 65.5 Å². The first-order chi connectivity index (χ1) is 10.2. The number of anilines is 2. The van der Waals surface area contributed by atoms with Crippen molar-refractivity contribution < 1.29 is 4.79 Å². The van der Waals surface area contributed by atoms with Gasteiger partial charge in [-0.05, 0) is 19.3 Å². The van der Waals surface area contributed by atoms with Gasteiger partial charge in [-0.15, -0.1) is 5.10 Å². The van der Waals surface area contributed by atoms with Crippen molar-refractivity contribution in [3.05, 3.63) is 6.20 Å². The second-order valence-electron chi connectivity index (χ2n) is 5.66. The highest BCUT2D eigenvalue weighted by molar-refractivity contribution is 5.73. The minimum Gasteiger partial charge on any atom is -0.355 e. The number of carbonyl (C=O) groups excluding carboxylic acids is 1. The SMILES string of the molecule is CC(=O)N1CCN(c2nncc(N3CCCCC3)n2)CC1. The van der Waals surface area contributed by atoms with Crippen molar-refractivity contribution in [3.8, 4) is 0 Å². The fraction of sp³-hybridized carbons (Fsp3) is 0.714. The minimum atomic E-state index is 0.135. The summed E-state index contributed by atoms with van der Waals surface area (Å²) in [5, 5.41) is 8.28. The number of aromatic nitrogens is 3. The van der Waals surface area contributed by atoms with Crippen LogP contribution in [0.4, 0.5) is 11.8 Å². The summed E-state index contributed by atoms with van der Waals surface area (Å²) < 4.78 is 0. The van der Waals surface area contributed by atoms with Gasteiger partial charge in [-0.1, -0.05) is 0 Å². The average molecular weight is 290 g/mol. The fourth-order valence-corrected chi connectivity index (χ4v) is 2.92. The molecule has 7 nitrogen and oxygen atoms in total. The van der Waals surface area contributed by atoms with Gasteiger partial charge in [0.25, 0.3) is 0 Å². The Labute approximate surface area is 125 Å². The predicted molar refractivity (Wildman–Crippen MR) is 80.4 cm³/mol. The summed E-state index contributed by atoms with van der Waals surface area (Å²) in [4.78, 5) is 22.3. The summed E-state index contributed by atoms with van der Waals surface area (Å²) in [6.07, 6.45) is 5.49. The van der Waals surface area contributed by atoms with Crippen LogP contribution in [-0.2, 0) is 4.79 Å². The van der Waals surface area contributed by atoms with E-state index in [0.717, 1.165) is 45.1 Å². The van der Waals surface area contributed by atoms with Gasteiger partial charge in [-0.25, -0.2) is 0 Å². The Morgan fingerprint density at radius 2 is 1.71 bits per heavy atom. The van der Waals surface area contributed by atoms with Crippen molar-refractivity contribution in [3.63, 3.8) is 0 Å². The van der Waals surface area contributed by atoms with Gasteiger partial charge in [0.15, 0.2) is 5.82 Å². The second-order valence-corrected chi connectivity index (χ2v) is 5.66. The summed E-state index contributed by atoms with van der Waals surface area (Å²) in [5.74, 6) is 1.74. The molecule has 1 aromatic rings. The molecule has 0 bridgehead atoms. The van der Waals surface area contributed by atoms with E-state index in [4.69, 9.17) is 0 Å². The molecule has 7 heteroatoms. The van der Waals surface area contributed by atoms with Crippen LogP contribution in [0.25, 0.3) is 0 Å². The van der Waals surface area contributed by atoms with Crippen molar-refractivity contribution in [2.45, 2.75) is 26.2 Å². The largest absolute Gasteiger partial charge is 0.355 e. The van der Waals surface area contributed by atoms with Gasteiger partial charge in [0, 0.05) is 46.2 Å². The zero-order valence-corrected chi connectivity index (χ0v) is 12.5. The standard InChI is InChI=1S/C14H22N6O/c1-12(21)18-7-9-20(10-8-18)14-16-13(11-15-17-14)19-5-3-2-4-6-19/h11H,2-10H2,1H3. The van der Waals surface area contributed by atoms with Gasteiger partial charge >= 0.3 is 0 Å². The predicted octanol–water partition coefficient (Wildman–Crippen LogP) is 0.530. The summed E-state index contributed by atoms with van der Waals surface area (Å²) in [5.41, 5.74) is 0. The van der Waals surface area contributed by atoms with Gasteiger partial charge in [0.05, 0.1) is 6.20 Å². The molecule has 21 heavy (non-hydrogen) atoms. The van der Waals surface area contributed by atoms with Crippen LogP contribution >= 0.6 is 0 Å². The van der Waals surface area contributed by atoms with Crippen molar-refractivity contribution in [1.82, 2.24) is 20.1 Å². The third kappa shape index (κ3) is 3.22. The van der Waals surface area contributed by atoms with Crippen LogP contribution in [-0.4, -0.2) is 65.3 Å². The van der Waals surface area contributed by atoms with Crippen LogP contribution in [0.5, 0.6) is 0 Å². The van der Waals surface area contributed by atoms with Crippen molar-refractivity contribution in [2.24, 2.45) is 0 Å². The van der Waals surface area contributed by atoms with Crippen molar-refractivity contribution in [2.75, 3.05) is 49.1 Å². The van der Waals surface area contributed by atoms with Crippen LogP contribution in [0.3, 0.4) is 0 Å². The third-order valence-electron chi connectivity index (χ3n) is 4.22. The van der Waals surface area contributed by atoms with Crippen LogP contribution in [0.2, 0.25) is 0 Å². The maximum Gasteiger partial charge on any atom is 0.247 e. The Balaban J connectivity index is 1.67. The van der Waals surface area contributed by atoms with Crippen molar-refractivity contribution in [1.29, 1.82) is 0 Å². The van der Waals surface area contributed by atoms with E-state index in [1.807, 2.05) is 4.90 Å². The first kappa shape index (κ1) is 14.0. The molecule has 0 N–H and O–H groups in total. The van der Waals surface area contributed by atoms with E-state index >= 15 is 0 Å². The number of hydrogen-bond acceptors (Lipinski definition) is 6. The fourth-order valence-electron chi connectivity index (χ4n) is 2.92. The summed E-state index contributed by atoms with van der Waals surface area (Å²) >= 11 is 0. The Hall–Kier alpha value is -1.92. The molecule has 2 aliphatic heterocycles. The van der Waals surface area contributed by atoms with E-state index in [9.17, 15) is 4.79 Å². The van der Waals surface area contributed by atoms with E-state index in [1.54, 1.807) is 13.1 Å². The quantitative estimate of drug-likeness (QED) is 0.791. The third-order valence-corrected chi connectivity index (χ3v) is 4.22. The average Bonchev–Trinajstić information content (AvgIpc) is 2.56. The molecule has 3 rings (SSSR count). The molecule has 2 fully saturated rings. The first-order valence-electron chi connectivity index (χ1n) is 7.69. The van der Waals surface area contributed by atoms with Gasteiger partial charge in [0.1, 0.15) is 0 Å². The molecule has 0 saturated carbocycles. The normalized spacial score (nSPS) is 19.8. The van der Waals surface area contributed by atoms with Crippen LogP contribution in [0.15, 0.2) is 6.20 Å². The molecule has 1 aromatic heterocycles. The molecule has 0 atom stereocenters. The molecule has 3 heterocycles. The Morgan fingerprint density at radius 3 is 2.38 bits per heavy atom. The molecule has 0 radical (unpaired) electrons. The molecule has 114 valence electrons. The molecule has 1 amide bonds. The Morgan fingerprint density at radius 1 is 1.00 bits per heavy atom. The van der Waals surface area contributed by atoms with E-state index in [2.05, 4.69) is 25.0 Å². The minimum absolute atomic E-state index is 0.135. The van der Waals surface area contributed by atoms with E-state index in [1.165, 1.54) is 19.3 Å². The summed E-state index contributed by atoms with van der Waals surface area (Å²) in [7, 11) is 0. The first-order valence-corrected chi connectivity index (χ1v) is 7.69. The molecular weight excluding hydrogens is 268 g/mol. The number of nitrogens with zero attached hydrogens (tertiary/aromatic N) is 6. The van der Waals surface area contributed by atoms with Crippen LogP contribution < -0.4 is 9.80 Å². The number of amides is 1. The smallest absolute Gasteiger partial charge is 0.247 e. The van der Waals surface area contributed by atoms with Gasteiger partial charge < -0.3 is 14.7 Å². The van der Waals surface area contributed by atoms with Gasteiger partial charge in [0.2, 0.25) is 11.9 Å². The lowest BCUT2D eigenvalue weighted by molar-refractivity contribution is -0.129. The number of piperazine rings is 1. The van der Waals surface area contributed by atoms with Crippen molar-refractivity contribution >= 4 is 17.7 Å². The molecule has 0 aliphatic carbocycles. The highest BCUT2D eigenvalue weighted by Gasteiger charge is 2.22. The lowest BCUT2D eigenvalue weighted by Gasteiger charge is -2.34. The molecular formula is C14H22N6O. The monoisotopic (exact) mass is 290 g/mol. The molecule has 0 aromatic carbocycles. The van der Waals surface area contributed by atoms with Gasteiger partial charge in [-0.2, -0.15) is 10.1 Å². The Bertz CT molecular complexity index is 494. The highest BCUT2D eigenvalue weighted by atomic mass is 16.2. The maximum atomic E-state index is 11.4. The van der Waals surface area contributed by atoms with E-state index in [0.29, 0.717) is 5.95 Å². The summed E-state index contributed by atoms with van der Waals surface area (Å²) in [6, 6.07) is 0. The van der Waals surface area contributed by atoms with Gasteiger partial charge in [-0.3, -0.25) is 4.79 Å². The molecule has 0 unspecified atom stereocenters. The van der Waals surface area contributed by atoms with Crippen LogP contribution in [0.1, 0.15) is 26.2 Å². The second kappa shape index (κ2) is 6.24. The lowest BCUT2D eigenvalue weighted by Crippen LogP contribution is -2.48. The zero-order chi connectivity index (χ0) is 14.7. The zero-order valence-electron chi connectivity index (χ0n) is 12.5. The number of carbonyl (C=O) groups is 1. The molecule has 2 saturated heterocycles. The number of piperidine rings is 1.